The summed E-state index contributed by atoms with van der Waals surface area (Å²) in [4.78, 5) is 6.99. The van der Waals surface area contributed by atoms with Crippen molar-refractivity contribution in [2.24, 2.45) is 0 Å². The number of benzene rings is 1. The highest BCUT2D eigenvalue weighted by Gasteiger charge is 2.28. The summed E-state index contributed by atoms with van der Waals surface area (Å²) in [5.74, 6) is 0.563. The second-order valence-electron chi connectivity index (χ2n) is 6.30. The molecule has 0 spiro atoms. The summed E-state index contributed by atoms with van der Waals surface area (Å²) in [6, 6.07) is 10.0. The summed E-state index contributed by atoms with van der Waals surface area (Å²) in [7, 11) is 0. The lowest BCUT2D eigenvalue weighted by Gasteiger charge is -2.40. The first-order chi connectivity index (χ1) is 11.1. The maximum atomic E-state index is 5.43. The van der Waals surface area contributed by atoms with Crippen LogP contribution in [0, 0.1) is 0 Å². The summed E-state index contributed by atoms with van der Waals surface area (Å²) < 4.78 is 5.43. The summed E-state index contributed by atoms with van der Waals surface area (Å²) in [5, 5.41) is 11.5. The smallest absolute Gasteiger partial charge is 0.243 e. The lowest BCUT2D eigenvalue weighted by atomic mass is 10.0. The number of ether oxygens (including phenoxy) is 1. The Morgan fingerprint density at radius 1 is 1.17 bits per heavy atom. The second-order valence-corrected chi connectivity index (χ2v) is 6.30. The van der Waals surface area contributed by atoms with E-state index in [4.69, 9.17) is 4.74 Å². The van der Waals surface area contributed by atoms with E-state index in [1.807, 2.05) is 30.3 Å². The molecular formula is C17H23N5O. The van der Waals surface area contributed by atoms with E-state index in [1.54, 1.807) is 6.20 Å². The number of anilines is 1. The third kappa shape index (κ3) is 4.03. The molecule has 0 bridgehead atoms. The van der Waals surface area contributed by atoms with Gasteiger partial charge in [-0.05, 0) is 13.8 Å². The molecule has 1 aromatic heterocycles. The minimum absolute atomic E-state index is 0.00981. The van der Waals surface area contributed by atoms with Gasteiger partial charge >= 0.3 is 0 Å². The van der Waals surface area contributed by atoms with Crippen LogP contribution in [0.1, 0.15) is 13.8 Å². The first kappa shape index (κ1) is 15.8. The van der Waals surface area contributed by atoms with Crippen LogP contribution in [-0.2, 0) is 4.74 Å². The highest BCUT2D eigenvalue weighted by Crippen LogP contribution is 2.18. The van der Waals surface area contributed by atoms with Crippen LogP contribution in [0.15, 0.2) is 36.5 Å². The third-order valence-electron chi connectivity index (χ3n) is 4.17. The van der Waals surface area contributed by atoms with Crippen LogP contribution in [-0.4, -0.2) is 58.5 Å². The number of nitrogens with one attached hydrogen (secondary N) is 1. The zero-order chi connectivity index (χ0) is 16.1. The molecular weight excluding hydrogens is 290 g/mol. The molecule has 23 heavy (non-hydrogen) atoms. The lowest BCUT2D eigenvalue weighted by molar-refractivity contribution is -0.00573. The largest absolute Gasteiger partial charge is 0.379 e. The summed E-state index contributed by atoms with van der Waals surface area (Å²) >= 11 is 0. The van der Waals surface area contributed by atoms with Crippen molar-refractivity contribution < 1.29 is 4.74 Å². The number of aromatic nitrogens is 3. The monoisotopic (exact) mass is 313 g/mol. The topological polar surface area (TPSA) is 63.2 Å². The molecule has 3 rings (SSSR count). The van der Waals surface area contributed by atoms with Crippen LogP contribution in [0.5, 0.6) is 0 Å². The minimum Gasteiger partial charge on any atom is -0.379 e. The standard InChI is InChI=1S/C17H23N5O/c1-17(2,22-8-10-23-11-9-22)13-18-16-20-15(12-19-21-16)14-6-4-3-5-7-14/h3-7,12H,8-11,13H2,1-2H3,(H,18,20,21). The Hall–Kier alpha value is -2.05. The maximum absolute atomic E-state index is 5.43. The van der Waals surface area contributed by atoms with Crippen molar-refractivity contribution in [3.05, 3.63) is 36.5 Å². The van der Waals surface area contributed by atoms with Crippen molar-refractivity contribution in [1.82, 2.24) is 20.1 Å². The molecule has 0 atom stereocenters. The maximum Gasteiger partial charge on any atom is 0.243 e. The molecule has 2 aromatic rings. The molecule has 1 aliphatic rings. The summed E-state index contributed by atoms with van der Waals surface area (Å²) in [5.41, 5.74) is 1.88. The molecule has 1 aliphatic heterocycles. The second kappa shape index (κ2) is 7.02. The van der Waals surface area contributed by atoms with Gasteiger partial charge < -0.3 is 10.1 Å². The molecule has 0 radical (unpaired) electrons. The van der Waals surface area contributed by atoms with Crippen LogP contribution >= 0.6 is 0 Å². The Kier molecular flexibility index (Phi) is 4.83. The molecule has 1 fully saturated rings. The van der Waals surface area contributed by atoms with E-state index in [9.17, 15) is 0 Å². The molecule has 0 saturated carbocycles. The lowest BCUT2D eigenvalue weighted by Crippen LogP contribution is -2.53. The molecule has 1 aromatic carbocycles. The number of morpholine rings is 1. The first-order valence-corrected chi connectivity index (χ1v) is 7.97. The molecule has 6 nitrogen and oxygen atoms in total. The van der Waals surface area contributed by atoms with Crippen molar-refractivity contribution in [2.45, 2.75) is 19.4 Å². The van der Waals surface area contributed by atoms with Crippen molar-refractivity contribution in [3.63, 3.8) is 0 Å². The molecule has 6 heteroatoms. The van der Waals surface area contributed by atoms with Gasteiger partial charge in [-0.3, -0.25) is 4.90 Å². The number of hydrogen-bond donors (Lipinski definition) is 1. The Morgan fingerprint density at radius 3 is 2.65 bits per heavy atom. The van der Waals surface area contributed by atoms with Gasteiger partial charge in [0.2, 0.25) is 5.95 Å². The first-order valence-electron chi connectivity index (χ1n) is 7.97. The Bertz CT molecular complexity index is 626. The number of hydrogen-bond acceptors (Lipinski definition) is 6. The number of nitrogens with zero attached hydrogens (tertiary/aromatic N) is 4. The van der Waals surface area contributed by atoms with E-state index in [0.717, 1.165) is 44.1 Å². The van der Waals surface area contributed by atoms with Crippen LogP contribution in [0.25, 0.3) is 11.3 Å². The van der Waals surface area contributed by atoms with E-state index in [1.165, 1.54) is 0 Å². The van der Waals surface area contributed by atoms with Gasteiger partial charge in [-0.25, -0.2) is 4.98 Å². The van der Waals surface area contributed by atoms with Gasteiger partial charge in [0.25, 0.3) is 0 Å². The molecule has 2 heterocycles. The predicted octanol–water partition coefficient (Wildman–Crippen LogP) is 2.06. The van der Waals surface area contributed by atoms with Crippen molar-refractivity contribution in [2.75, 3.05) is 38.2 Å². The van der Waals surface area contributed by atoms with Crippen LogP contribution < -0.4 is 5.32 Å². The van der Waals surface area contributed by atoms with Crippen molar-refractivity contribution in [3.8, 4) is 11.3 Å². The predicted molar refractivity (Wildman–Crippen MR) is 90.2 cm³/mol. The average Bonchev–Trinajstić information content (AvgIpc) is 2.62. The molecule has 122 valence electrons. The SMILES string of the molecule is CC(C)(CNc1nncc(-c2ccccc2)n1)N1CCOCC1. The minimum atomic E-state index is 0.00981. The Balaban J connectivity index is 1.66. The highest BCUT2D eigenvalue weighted by atomic mass is 16.5. The van der Waals surface area contributed by atoms with Gasteiger partial charge in [0, 0.05) is 30.7 Å². The van der Waals surface area contributed by atoms with E-state index in [0.29, 0.717) is 5.95 Å². The highest BCUT2D eigenvalue weighted by molar-refractivity contribution is 5.58. The Morgan fingerprint density at radius 2 is 1.91 bits per heavy atom. The van der Waals surface area contributed by atoms with Gasteiger partial charge in [-0.1, -0.05) is 30.3 Å². The number of rotatable bonds is 5. The molecule has 0 unspecified atom stereocenters. The van der Waals surface area contributed by atoms with Gasteiger partial charge in [-0.2, -0.15) is 5.10 Å². The average molecular weight is 313 g/mol. The fraction of sp³-hybridized carbons (Fsp3) is 0.471. The molecule has 0 aliphatic carbocycles. The Labute approximate surface area is 136 Å². The van der Waals surface area contributed by atoms with E-state index in [2.05, 4.69) is 39.2 Å². The van der Waals surface area contributed by atoms with Gasteiger partial charge in [0.1, 0.15) is 0 Å². The fourth-order valence-electron chi connectivity index (χ4n) is 2.70. The van der Waals surface area contributed by atoms with Gasteiger partial charge in [0.15, 0.2) is 0 Å². The van der Waals surface area contributed by atoms with Crippen LogP contribution in [0.3, 0.4) is 0 Å². The molecule has 0 amide bonds. The quantitative estimate of drug-likeness (QED) is 0.911. The van der Waals surface area contributed by atoms with Crippen LogP contribution in [0.2, 0.25) is 0 Å². The fourth-order valence-corrected chi connectivity index (χ4v) is 2.70. The summed E-state index contributed by atoms with van der Waals surface area (Å²) in [6.45, 7) is 8.71. The van der Waals surface area contributed by atoms with E-state index < -0.39 is 0 Å². The van der Waals surface area contributed by atoms with Gasteiger partial charge in [-0.15, -0.1) is 5.10 Å². The third-order valence-corrected chi connectivity index (χ3v) is 4.17. The van der Waals surface area contributed by atoms with Crippen molar-refractivity contribution >= 4 is 5.95 Å². The van der Waals surface area contributed by atoms with Crippen molar-refractivity contribution in [1.29, 1.82) is 0 Å². The van der Waals surface area contributed by atoms with E-state index >= 15 is 0 Å². The molecule has 1 N–H and O–H groups in total. The summed E-state index contributed by atoms with van der Waals surface area (Å²) in [6.07, 6.45) is 1.69. The van der Waals surface area contributed by atoms with Crippen LogP contribution in [0.4, 0.5) is 5.95 Å². The molecule has 1 saturated heterocycles. The zero-order valence-electron chi connectivity index (χ0n) is 13.7. The zero-order valence-corrected chi connectivity index (χ0v) is 13.7. The van der Waals surface area contributed by atoms with E-state index in [-0.39, 0.29) is 5.54 Å². The van der Waals surface area contributed by atoms with Gasteiger partial charge in [0.05, 0.1) is 25.1 Å². The normalized spacial score (nSPS) is 16.3.